The molecule has 0 fully saturated rings. The normalized spacial score (nSPS) is 9.71. The van der Waals surface area contributed by atoms with Gasteiger partial charge >= 0.3 is 0 Å². The quantitative estimate of drug-likeness (QED) is 0.549. The Bertz CT molecular complexity index is 141. The van der Waals surface area contributed by atoms with E-state index in [9.17, 15) is 4.80 Å². The second kappa shape index (κ2) is 23.0. The van der Waals surface area contributed by atoms with Gasteiger partial charge in [0.15, 0.2) is 8.32 Å². The zero-order valence-electron chi connectivity index (χ0n) is 15.6. The third kappa shape index (κ3) is 29.4. The van der Waals surface area contributed by atoms with Crippen LogP contribution in [0.1, 0.15) is 41.5 Å². The Hall–Kier alpha value is 0.771. The first-order valence-corrected chi connectivity index (χ1v) is 9.88. The molecule has 0 aliphatic carbocycles. The van der Waals surface area contributed by atoms with Crippen molar-refractivity contribution in [3.8, 4) is 0 Å². The van der Waals surface area contributed by atoms with Crippen molar-refractivity contribution in [3.05, 3.63) is 0 Å². The molecule has 0 saturated carbocycles. The molecule has 0 aliphatic heterocycles. The summed E-state index contributed by atoms with van der Waals surface area (Å²) in [6.07, 6.45) is 0. The Labute approximate surface area is 149 Å². The van der Waals surface area contributed by atoms with Gasteiger partial charge in [0.25, 0.3) is 0 Å². The van der Waals surface area contributed by atoms with Crippen LogP contribution in [0.3, 0.4) is 0 Å². The summed E-state index contributed by atoms with van der Waals surface area (Å²) in [5, 5.41) is 21.0. The molecule has 0 saturated heterocycles. The molecular formula is C15H40O4SiTi. The molecule has 0 aromatic carbocycles. The Balaban J connectivity index is -0.000000107. The summed E-state index contributed by atoms with van der Waals surface area (Å²) in [5.74, 6) is 1.93. The van der Waals surface area contributed by atoms with Crippen LogP contribution in [0.25, 0.3) is 0 Å². The molecule has 0 radical (unpaired) electrons. The molecular weight excluding hydrogens is 320 g/mol. The third-order valence-corrected chi connectivity index (χ3v) is 7.09. The zero-order chi connectivity index (χ0) is 17.4. The minimum absolute atomic E-state index is 0. The molecule has 0 unspecified atom stereocenters. The summed E-state index contributed by atoms with van der Waals surface area (Å²) >= 11 is 0. The minimum Gasteiger partial charge on any atom is -0.432 e. The third-order valence-electron chi connectivity index (χ3n) is 2.36. The van der Waals surface area contributed by atoms with Crippen molar-refractivity contribution in [2.24, 2.45) is 17.8 Å². The van der Waals surface area contributed by atoms with Crippen molar-refractivity contribution in [1.82, 2.24) is 0 Å². The molecule has 4 nitrogen and oxygen atoms in total. The Morgan fingerprint density at radius 3 is 0.810 bits per heavy atom. The van der Waals surface area contributed by atoms with Gasteiger partial charge in [0.2, 0.25) is 0 Å². The summed E-state index contributed by atoms with van der Waals surface area (Å²) in [4.78, 5) is 10.7. The SMILES string of the molecule is CC(C)C[Si](O)(CC(C)C)CC(C)C.CO.CO.CO.[Ti]. The van der Waals surface area contributed by atoms with Crippen LogP contribution in [0, 0.1) is 17.8 Å². The van der Waals surface area contributed by atoms with Crippen molar-refractivity contribution in [2.45, 2.75) is 59.7 Å². The zero-order valence-corrected chi connectivity index (χ0v) is 18.2. The maximum absolute atomic E-state index is 10.7. The van der Waals surface area contributed by atoms with Gasteiger partial charge in [-0.15, -0.1) is 0 Å². The maximum atomic E-state index is 10.7. The average molecular weight is 360 g/mol. The molecule has 0 rings (SSSR count). The molecule has 0 bridgehead atoms. The van der Waals surface area contributed by atoms with E-state index in [0.717, 1.165) is 39.5 Å². The molecule has 0 heterocycles. The maximum Gasteiger partial charge on any atom is 0.189 e. The van der Waals surface area contributed by atoms with Gasteiger partial charge in [-0.3, -0.25) is 0 Å². The van der Waals surface area contributed by atoms with Gasteiger partial charge in [-0.2, -0.15) is 0 Å². The topological polar surface area (TPSA) is 80.9 Å². The number of hydrogen-bond donors (Lipinski definition) is 4. The van der Waals surface area contributed by atoms with Gasteiger partial charge in [-0.1, -0.05) is 41.5 Å². The number of hydrogen-bond acceptors (Lipinski definition) is 4. The Morgan fingerprint density at radius 1 is 0.571 bits per heavy atom. The Morgan fingerprint density at radius 2 is 0.714 bits per heavy atom. The van der Waals surface area contributed by atoms with E-state index >= 15 is 0 Å². The van der Waals surface area contributed by atoms with Gasteiger partial charge in [-0.25, -0.2) is 0 Å². The summed E-state index contributed by atoms with van der Waals surface area (Å²) in [7, 11) is 1.06. The van der Waals surface area contributed by atoms with Crippen molar-refractivity contribution < 1.29 is 41.8 Å². The van der Waals surface area contributed by atoms with E-state index in [1.807, 2.05) is 0 Å². The van der Waals surface area contributed by atoms with Crippen molar-refractivity contribution >= 4 is 8.32 Å². The van der Waals surface area contributed by atoms with Crippen molar-refractivity contribution in [3.63, 3.8) is 0 Å². The average Bonchev–Trinajstić information content (AvgIpc) is 2.33. The van der Waals surface area contributed by atoms with E-state index in [4.69, 9.17) is 15.3 Å². The van der Waals surface area contributed by atoms with Crippen molar-refractivity contribution in [2.75, 3.05) is 21.3 Å². The molecule has 0 spiro atoms. The van der Waals surface area contributed by atoms with E-state index in [2.05, 4.69) is 41.5 Å². The second-order valence-electron chi connectivity index (χ2n) is 6.02. The molecule has 0 aliphatic rings. The van der Waals surface area contributed by atoms with Crippen LogP contribution >= 0.6 is 0 Å². The van der Waals surface area contributed by atoms with E-state index in [1.165, 1.54) is 0 Å². The van der Waals surface area contributed by atoms with E-state index in [0.29, 0.717) is 17.8 Å². The standard InChI is InChI=1S/C12H28OSi.3CH4O.Ti/c1-10(2)7-14(13,8-11(3)4)9-12(5)6;3*1-2;/h10-13H,7-9H2,1-6H3;3*2H,1H3;. The summed E-state index contributed by atoms with van der Waals surface area (Å²) < 4.78 is 0. The fraction of sp³-hybridized carbons (Fsp3) is 1.00. The number of aliphatic hydroxyl groups excluding tert-OH is 3. The predicted octanol–water partition coefficient (Wildman–Crippen LogP) is 2.72. The first kappa shape index (κ1) is 33.4. The molecule has 132 valence electrons. The van der Waals surface area contributed by atoms with Gasteiger partial charge in [0.05, 0.1) is 0 Å². The van der Waals surface area contributed by atoms with Gasteiger partial charge in [0.1, 0.15) is 0 Å². The van der Waals surface area contributed by atoms with Crippen LogP contribution < -0.4 is 0 Å². The molecule has 0 aromatic heterocycles. The first-order chi connectivity index (χ1) is 9.25. The van der Waals surface area contributed by atoms with Crippen LogP contribution in [0.2, 0.25) is 18.1 Å². The molecule has 0 aromatic rings. The molecule has 0 atom stereocenters. The van der Waals surface area contributed by atoms with E-state index in [-0.39, 0.29) is 21.7 Å². The summed E-state index contributed by atoms with van der Waals surface area (Å²) in [5.41, 5.74) is 0. The van der Waals surface area contributed by atoms with Crippen LogP contribution in [-0.4, -0.2) is 49.8 Å². The largest absolute Gasteiger partial charge is 0.432 e. The monoisotopic (exact) mass is 360 g/mol. The minimum atomic E-state index is -1.94. The van der Waals surface area contributed by atoms with Crippen LogP contribution in [0.5, 0.6) is 0 Å². The first-order valence-electron chi connectivity index (χ1n) is 7.31. The molecule has 4 N–H and O–H groups in total. The fourth-order valence-corrected chi connectivity index (χ4v) is 7.59. The molecule has 6 heteroatoms. The van der Waals surface area contributed by atoms with Crippen molar-refractivity contribution in [1.29, 1.82) is 0 Å². The predicted molar refractivity (Wildman–Crippen MR) is 91.3 cm³/mol. The molecule has 21 heavy (non-hydrogen) atoms. The van der Waals surface area contributed by atoms with Gasteiger partial charge < -0.3 is 20.1 Å². The molecule has 0 amide bonds. The Kier molecular flexibility index (Phi) is 36.6. The number of rotatable bonds is 6. The van der Waals surface area contributed by atoms with Gasteiger partial charge in [-0.05, 0) is 35.9 Å². The van der Waals surface area contributed by atoms with Crippen LogP contribution in [0.15, 0.2) is 0 Å². The fourth-order valence-electron chi connectivity index (χ4n) is 2.53. The van der Waals surface area contributed by atoms with E-state index in [1.54, 1.807) is 0 Å². The van der Waals surface area contributed by atoms with Gasteiger partial charge in [0, 0.05) is 43.0 Å². The second-order valence-corrected chi connectivity index (χ2v) is 9.69. The van der Waals surface area contributed by atoms with E-state index < -0.39 is 8.32 Å². The number of aliphatic hydroxyl groups is 3. The van der Waals surface area contributed by atoms with Crippen LogP contribution in [0.4, 0.5) is 0 Å². The summed E-state index contributed by atoms with van der Waals surface area (Å²) in [6, 6.07) is 3.22. The summed E-state index contributed by atoms with van der Waals surface area (Å²) in [6.45, 7) is 13.3. The smallest absolute Gasteiger partial charge is 0.189 e. The van der Waals surface area contributed by atoms with Crippen LogP contribution in [-0.2, 0) is 21.7 Å².